The lowest BCUT2D eigenvalue weighted by molar-refractivity contribution is -0.144. The number of ether oxygens (including phenoxy) is 3. The summed E-state index contributed by atoms with van der Waals surface area (Å²) in [6.07, 6.45) is 3.41. The minimum absolute atomic E-state index is 0.0314. The molecule has 2 aromatic carbocycles. The average Bonchev–Trinajstić information content (AvgIpc) is 3.55. The fourth-order valence-corrected chi connectivity index (χ4v) is 6.73. The molecule has 0 bridgehead atoms. The minimum atomic E-state index is -0.538. The Labute approximate surface area is 241 Å². The van der Waals surface area contributed by atoms with Gasteiger partial charge in [0.1, 0.15) is 24.2 Å². The Kier molecular flexibility index (Phi) is 7.47. The van der Waals surface area contributed by atoms with Crippen LogP contribution in [0.2, 0.25) is 0 Å². The molecular formula is C33H38N2O6. The number of hydrogen-bond donors (Lipinski definition) is 1. The number of hydrogen-bond acceptors (Lipinski definition) is 8. The highest BCUT2D eigenvalue weighted by atomic mass is 16.5. The average molecular weight is 559 g/mol. The van der Waals surface area contributed by atoms with E-state index in [9.17, 15) is 14.4 Å². The van der Waals surface area contributed by atoms with Crippen LogP contribution in [0.15, 0.2) is 42.7 Å². The topological polar surface area (TPSA) is 94.2 Å². The van der Waals surface area contributed by atoms with Gasteiger partial charge in [0.2, 0.25) is 5.78 Å². The van der Waals surface area contributed by atoms with E-state index in [1.807, 2.05) is 31.2 Å². The van der Waals surface area contributed by atoms with Crippen molar-refractivity contribution in [3.05, 3.63) is 64.9 Å². The summed E-state index contributed by atoms with van der Waals surface area (Å²) in [7, 11) is 2.07. The molecule has 6 rings (SSSR count). The van der Waals surface area contributed by atoms with Crippen LogP contribution in [0.4, 0.5) is 0 Å². The quantitative estimate of drug-likeness (QED) is 0.302. The number of carbonyl (C=O) groups excluding carboxylic acids is 3. The van der Waals surface area contributed by atoms with E-state index in [0.29, 0.717) is 35.0 Å². The first-order valence-corrected chi connectivity index (χ1v) is 14.7. The molecule has 41 heavy (non-hydrogen) atoms. The second-order valence-electron chi connectivity index (χ2n) is 12.2. The van der Waals surface area contributed by atoms with Crippen LogP contribution >= 0.6 is 0 Å². The van der Waals surface area contributed by atoms with E-state index in [1.54, 1.807) is 6.07 Å². The summed E-state index contributed by atoms with van der Waals surface area (Å²) in [5.41, 5.74) is 4.87. The highest BCUT2D eigenvalue weighted by Gasteiger charge is 2.36. The maximum atomic E-state index is 13.5. The normalized spacial score (nSPS) is 26.9. The second kappa shape index (κ2) is 11.1. The number of nitrogens with zero attached hydrogens (tertiary/aromatic N) is 1. The molecule has 8 heteroatoms. The molecule has 2 fully saturated rings. The number of likely N-dealkylation sites (N-methyl/N-ethyl adjacent to an activating group) is 1. The first-order chi connectivity index (χ1) is 19.7. The van der Waals surface area contributed by atoms with Crippen LogP contribution in [0.3, 0.4) is 0 Å². The van der Waals surface area contributed by atoms with Crippen molar-refractivity contribution in [2.45, 2.75) is 76.8 Å². The number of nitrogens with one attached hydrogen (secondary N) is 1. The Hall–Kier alpha value is -3.49. The summed E-state index contributed by atoms with van der Waals surface area (Å²) >= 11 is 0. The Bertz CT molecular complexity index is 1420. The number of aryl methyl sites for hydroxylation is 1. The molecule has 2 aromatic rings. The van der Waals surface area contributed by atoms with Crippen molar-refractivity contribution in [3.8, 4) is 16.9 Å². The van der Waals surface area contributed by atoms with E-state index in [0.717, 1.165) is 54.5 Å². The lowest BCUT2D eigenvalue weighted by Crippen LogP contribution is -2.36. The monoisotopic (exact) mass is 558 g/mol. The van der Waals surface area contributed by atoms with E-state index in [2.05, 4.69) is 30.8 Å². The number of rotatable bonds is 7. The number of Topliss-reactive ketones (excluding diaryl/α,β-unsaturated/α-hetero) is 2. The van der Waals surface area contributed by atoms with Gasteiger partial charge in [-0.3, -0.25) is 19.3 Å². The molecule has 216 valence electrons. The fraction of sp³-hybridized carbons (Fsp3) is 0.485. The van der Waals surface area contributed by atoms with Crippen molar-refractivity contribution in [2.75, 3.05) is 20.2 Å². The van der Waals surface area contributed by atoms with Crippen molar-refractivity contribution in [1.82, 2.24) is 10.2 Å². The summed E-state index contributed by atoms with van der Waals surface area (Å²) in [5, 5.41) is 3.18. The molecule has 0 spiro atoms. The first kappa shape index (κ1) is 27.7. The van der Waals surface area contributed by atoms with E-state index >= 15 is 0 Å². The van der Waals surface area contributed by atoms with Crippen molar-refractivity contribution in [1.29, 1.82) is 0 Å². The standard InChI is InChI=1S/C33H38N2O6/c1-18-11-28(35(4)15-18)20(3)41-30-10-7-21-13-26-24-8-6-22(12-23(24)16-39-31(26)14-25(21)32(30)37)29(36)17-40-33(38)27-9-5-19(2)34-27/h6,8,12-14,18-19,27-28,30,34H,3,5,7,9-11,15-17H2,1-2,4H3/t18-,19-,27-,28-,30?/m0/s1. The molecule has 1 unspecified atom stereocenters. The summed E-state index contributed by atoms with van der Waals surface area (Å²) < 4.78 is 17.6. The molecule has 0 saturated carbocycles. The molecule has 4 aliphatic rings. The van der Waals surface area contributed by atoms with Crippen LogP contribution in [-0.2, 0) is 27.3 Å². The van der Waals surface area contributed by atoms with E-state index in [-0.39, 0.29) is 48.9 Å². The van der Waals surface area contributed by atoms with Gasteiger partial charge in [-0.2, -0.15) is 0 Å². The minimum Gasteiger partial charge on any atom is -0.488 e. The van der Waals surface area contributed by atoms with Gasteiger partial charge in [0.05, 0.1) is 6.04 Å². The summed E-state index contributed by atoms with van der Waals surface area (Å²) in [6, 6.07) is 9.44. The van der Waals surface area contributed by atoms with Gasteiger partial charge in [0.25, 0.3) is 0 Å². The molecule has 3 aliphatic heterocycles. The van der Waals surface area contributed by atoms with Gasteiger partial charge in [-0.15, -0.1) is 0 Å². The zero-order valence-electron chi connectivity index (χ0n) is 24.0. The Morgan fingerprint density at radius 3 is 2.63 bits per heavy atom. The first-order valence-electron chi connectivity index (χ1n) is 14.7. The predicted molar refractivity (Wildman–Crippen MR) is 154 cm³/mol. The van der Waals surface area contributed by atoms with Crippen LogP contribution in [-0.4, -0.2) is 66.9 Å². The number of esters is 1. The third-order valence-corrected chi connectivity index (χ3v) is 8.97. The van der Waals surface area contributed by atoms with Gasteiger partial charge < -0.3 is 19.5 Å². The van der Waals surface area contributed by atoms with E-state index in [1.165, 1.54) is 0 Å². The maximum absolute atomic E-state index is 13.5. The van der Waals surface area contributed by atoms with Crippen LogP contribution in [0.5, 0.6) is 5.75 Å². The third-order valence-electron chi connectivity index (χ3n) is 8.97. The van der Waals surface area contributed by atoms with Crippen LogP contribution < -0.4 is 10.1 Å². The van der Waals surface area contributed by atoms with Gasteiger partial charge in [0, 0.05) is 29.3 Å². The molecule has 0 radical (unpaired) electrons. The molecule has 2 saturated heterocycles. The van der Waals surface area contributed by atoms with Crippen molar-refractivity contribution < 1.29 is 28.6 Å². The Morgan fingerprint density at radius 2 is 1.90 bits per heavy atom. The van der Waals surface area contributed by atoms with Gasteiger partial charge in [-0.1, -0.05) is 25.6 Å². The zero-order chi connectivity index (χ0) is 28.8. The smallest absolute Gasteiger partial charge is 0.323 e. The predicted octanol–water partition coefficient (Wildman–Crippen LogP) is 4.48. The van der Waals surface area contributed by atoms with Crippen molar-refractivity contribution in [2.24, 2.45) is 5.92 Å². The molecular weight excluding hydrogens is 520 g/mol. The highest BCUT2D eigenvalue weighted by molar-refractivity contribution is 6.03. The second-order valence-corrected chi connectivity index (χ2v) is 12.2. The van der Waals surface area contributed by atoms with Gasteiger partial charge in [-0.25, -0.2) is 0 Å². The molecule has 5 atom stereocenters. The van der Waals surface area contributed by atoms with Crippen LogP contribution in [0, 0.1) is 5.92 Å². The van der Waals surface area contributed by atoms with Crippen LogP contribution in [0.25, 0.3) is 11.1 Å². The maximum Gasteiger partial charge on any atom is 0.323 e. The Balaban J connectivity index is 1.14. The Morgan fingerprint density at radius 1 is 1.07 bits per heavy atom. The summed E-state index contributed by atoms with van der Waals surface area (Å²) in [5.74, 6) is 1.24. The number of carbonyl (C=O) groups is 3. The lowest BCUT2D eigenvalue weighted by Gasteiger charge is -2.30. The van der Waals surface area contributed by atoms with E-state index in [4.69, 9.17) is 14.2 Å². The van der Waals surface area contributed by atoms with Gasteiger partial charge in [0.15, 0.2) is 18.5 Å². The van der Waals surface area contributed by atoms with Crippen molar-refractivity contribution in [3.63, 3.8) is 0 Å². The SMILES string of the molecule is C=C(OC1CCc2cc3c(cc2C1=O)OCc1cc(C(=O)COC(=O)[C@@H]2CC[C@H](C)N2)ccc1-3)[C@@H]1C[C@H](C)CN1C. The summed E-state index contributed by atoms with van der Waals surface area (Å²) in [6.45, 7) is 9.41. The van der Waals surface area contributed by atoms with Gasteiger partial charge in [-0.05, 0) is 86.9 Å². The third kappa shape index (κ3) is 5.43. The molecule has 8 nitrogen and oxygen atoms in total. The number of fused-ring (bicyclic) bond motifs is 4. The fourth-order valence-electron chi connectivity index (χ4n) is 6.73. The van der Waals surface area contributed by atoms with Gasteiger partial charge >= 0.3 is 5.97 Å². The molecule has 0 amide bonds. The lowest BCUT2D eigenvalue weighted by atomic mass is 9.84. The van der Waals surface area contributed by atoms with E-state index < -0.39 is 6.10 Å². The largest absolute Gasteiger partial charge is 0.488 e. The molecule has 1 N–H and O–H groups in total. The van der Waals surface area contributed by atoms with Crippen molar-refractivity contribution >= 4 is 17.5 Å². The number of likely N-dealkylation sites (tertiary alicyclic amines) is 1. The number of benzene rings is 2. The number of ketones is 2. The molecule has 1 aliphatic carbocycles. The highest BCUT2D eigenvalue weighted by Crippen LogP contribution is 2.42. The summed E-state index contributed by atoms with van der Waals surface area (Å²) in [4.78, 5) is 40.8. The zero-order valence-corrected chi connectivity index (χ0v) is 24.0. The van der Waals surface area contributed by atoms with Crippen LogP contribution in [0.1, 0.15) is 71.4 Å². The molecule has 0 aromatic heterocycles. The molecule has 3 heterocycles.